The molecular formula is C8H8ClN2O+. The van der Waals surface area contributed by atoms with Crippen molar-refractivity contribution in [2.45, 2.75) is 0 Å². The average Bonchev–Trinajstić information content (AvgIpc) is 2.54. The molecule has 0 aliphatic heterocycles. The van der Waals surface area contributed by atoms with Crippen LogP contribution in [0.5, 0.6) is 5.75 Å². The van der Waals surface area contributed by atoms with Gasteiger partial charge in [0, 0.05) is 6.20 Å². The SMILES string of the molecule is COc1c[nH+]c(Cl)c2[nH]ccc12. The number of fused-ring (bicyclic) bond motifs is 1. The van der Waals surface area contributed by atoms with Crippen LogP contribution in [-0.2, 0) is 0 Å². The summed E-state index contributed by atoms with van der Waals surface area (Å²) < 4.78 is 5.13. The number of aromatic nitrogens is 2. The van der Waals surface area contributed by atoms with Crippen molar-refractivity contribution in [2.75, 3.05) is 7.11 Å². The minimum atomic E-state index is 0.593. The molecule has 0 fully saturated rings. The van der Waals surface area contributed by atoms with Gasteiger partial charge in [-0.3, -0.25) is 0 Å². The molecule has 0 unspecified atom stereocenters. The number of hydrogen-bond acceptors (Lipinski definition) is 1. The van der Waals surface area contributed by atoms with Gasteiger partial charge in [-0.25, -0.2) is 0 Å². The number of rotatable bonds is 1. The van der Waals surface area contributed by atoms with Gasteiger partial charge in [-0.1, -0.05) is 0 Å². The van der Waals surface area contributed by atoms with E-state index in [0.717, 1.165) is 16.7 Å². The van der Waals surface area contributed by atoms with E-state index in [1.165, 1.54) is 0 Å². The van der Waals surface area contributed by atoms with Crippen molar-refractivity contribution in [1.29, 1.82) is 0 Å². The lowest BCUT2D eigenvalue weighted by Crippen LogP contribution is -2.04. The van der Waals surface area contributed by atoms with Crippen molar-refractivity contribution in [1.82, 2.24) is 4.98 Å². The highest BCUT2D eigenvalue weighted by Gasteiger charge is 2.11. The minimum Gasteiger partial charge on any atom is -0.490 e. The van der Waals surface area contributed by atoms with E-state index in [-0.39, 0.29) is 0 Å². The Balaban J connectivity index is 2.82. The Labute approximate surface area is 74.3 Å². The summed E-state index contributed by atoms with van der Waals surface area (Å²) in [6, 6.07) is 1.92. The van der Waals surface area contributed by atoms with Crippen LogP contribution in [0.1, 0.15) is 0 Å². The van der Waals surface area contributed by atoms with Crippen LogP contribution < -0.4 is 9.72 Å². The molecule has 2 aromatic rings. The fourth-order valence-corrected chi connectivity index (χ4v) is 1.41. The van der Waals surface area contributed by atoms with Crippen molar-refractivity contribution in [2.24, 2.45) is 0 Å². The van der Waals surface area contributed by atoms with Gasteiger partial charge >= 0.3 is 0 Å². The first kappa shape index (κ1) is 7.43. The van der Waals surface area contributed by atoms with E-state index >= 15 is 0 Å². The van der Waals surface area contributed by atoms with Crippen LogP contribution in [0.3, 0.4) is 0 Å². The van der Waals surface area contributed by atoms with E-state index in [9.17, 15) is 0 Å². The van der Waals surface area contributed by atoms with Crippen LogP contribution in [0.2, 0.25) is 5.15 Å². The van der Waals surface area contributed by atoms with Crippen LogP contribution in [0.25, 0.3) is 10.9 Å². The zero-order valence-electron chi connectivity index (χ0n) is 6.52. The molecule has 2 rings (SSSR count). The third-order valence-corrected chi connectivity index (χ3v) is 2.08. The summed E-state index contributed by atoms with van der Waals surface area (Å²) in [5.41, 5.74) is 0.871. The molecule has 0 aliphatic carbocycles. The maximum atomic E-state index is 5.88. The van der Waals surface area contributed by atoms with Crippen LogP contribution in [0, 0.1) is 0 Å². The van der Waals surface area contributed by atoms with Gasteiger partial charge in [-0.05, 0) is 17.7 Å². The van der Waals surface area contributed by atoms with Crippen LogP contribution in [0.15, 0.2) is 18.5 Å². The lowest BCUT2D eigenvalue weighted by Gasteiger charge is -1.96. The summed E-state index contributed by atoms with van der Waals surface area (Å²) in [5.74, 6) is 0.788. The molecule has 0 spiro atoms. The second-order valence-corrected chi connectivity index (χ2v) is 2.82. The lowest BCUT2D eigenvalue weighted by atomic mass is 10.3. The molecule has 0 amide bonds. The molecule has 0 saturated heterocycles. The van der Waals surface area contributed by atoms with Gasteiger partial charge in [-0.15, -0.1) is 0 Å². The number of methoxy groups -OCH3 is 1. The predicted molar refractivity (Wildman–Crippen MR) is 46.4 cm³/mol. The molecule has 2 N–H and O–H groups in total. The quantitative estimate of drug-likeness (QED) is 0.671. The molecule has 3 nitrogen and oxygen atoms in total. The molecule has 0 atom stereocenters. The maximum absolute atomic E-state index is 5.88. The third-order valence-electron chi connectivity index (χ3n) is 1.78. The van der Waals surface area contributed by atoms with E-state index in [2.05, 4.69) is 9.97 Å². The van der Waals surface area contributed by atoms with Crippen molar-refractivity contribution in [3.8, 4) is 5.75 Å². The van der Waals surface area contributed by atoms with E-state index in [0.29, 0.717) is 5.15 Å². The van der Waals surface area contributed by atoms with Gasteiger partial charge in [0.1, 0.15) is 5.52 Å². The normalized spacial score (nSPS) is 10.5. The summed E-state index contributed by atoms with van der Waals surface area (Å²) in [6.07, 6.45) is 3.56. The molecule has 12 heavy (non-hydrogen) atoms. The second kappa shape index (κ2) is 2.68. The molecule has 4 heteroatoms. The average molecular weight is 184 g/mol. The van der Waals surface area contributed by atoms with E-state index in [4.69, 9.17) is 16.3 Å². The molecule has 0 aromatic carbocycles. The van der Waals surface area contributed by atoms with Crippen molar-refractivity contribution in [3.63, 3.8) is 0 Å². The van der Waals surface area contributed by atoms with Crippen LogP contribution in [0.4, 0.5) is 0 Å². The topological polar surface area (TPSA) is 39.2 Å². The van der Waals surface area contributed by atoms with Gasteiger partial charge in [0.15, 0.2) is 5.75 Å². The first-order valence-corrected chi connectivity index (χ1v) is 3.92. The Morgan fingerprint density at radius 3 is 3.17 bits per heavy atom. The Hall–Kier alpha value is -1.22. The molecule has 62 valence electrons. The Morgan fingerprint density at radius 1 is 1.58 bits per heavy atom. The van der Waals surface area contributed by atoms with Crippen LogP contribution >= 0.6 is 11.6 Å². The predicted octanol–water partition coefficient (Wildman–Crippen LogP) is 1.64. The smallest absolute Gasteiger partial charge is 0.297 e. The molecule has 0 bridgehead atoms. The number of H-pyrrole nitrogens is 2. The fourth-order valence-electron chi connectivity index (χ4n) is 1.20. The molecular weight excluding hydrogens is 176 g/mol. The molecule has 0 saturated carbocycles. The zero-order valence-corrected chi connectivity index (χ0v) is 7.27. The van der Waals surface area contributed by atoms with Crippen molar-refractivity contribution in [3.05, 3.63) is 23.6 Å². The van der Waals surface area contributed by atoms with Gasteiger partial charge in [0.2, 0.25) is 6.20 Å². The maximum Gasteiger partial charge on any atom is 0.297 e. The minimum absolute atomic E-state index is 0.593. The highest BCUT2D eigenvalue weighted by molar-refractivity contribution is 6.32. The first-order valence-electron chi connectivity index (χ1n) is 3.54. The summed E-state index contributed by atoms with van der Waals surface area (Å²) in [4.78, 5) is 5.91. The van der Waals surface area contributed by atoms with Crippen LogP contribution in [-0.4, -0.2) is 12.1 Å². The standard InChI is InChI=1S/C8H7ClN2O/c1-12-6-4-11-8(9)7-5(6)2-3-10-7/h2-4,10H,1H3/p+1. The fraction of sp³-hybridized carbons (Fsp3) is 0.125. The monoisotopic (exact) mass is 183 g/mol. The number of pyridine rings is 1. The van der Waals surface area contributed by atoms with Gasteiger partial charge < -0.3 is 9.72 Å². The van der Waals surface area contributed by atoms with Gasteiger partial charge in [0.25, 0.3) is 5.15 Å². The molecule has 2 heterocycles. The Bertz CT molecular complexity index is 410. The van der Waals surface area contributed by atoms with E-state index in [1.807, 2.05) is 12.3 Å². The number of hydrogen-bond donors (Lipinski definition) is 1. The number of aromatic amines is 2. The summed E-state index contributed by atoms with van der Waals surface area (Å²) in [6.45, 7) is 0. The largest absolute Gasteiger partial charge is 0.490 e. The summed E-state index contributed by atoms with van der Waals surface area (Å²) in [5, 5.41) is 1.58. The number of ether oxygens (including phenoxy) is 1. The zero-order chi connectivity index (χ0) is 8.55. The first-order chi connectivity index (χ1) is 5.83. The van der Waals surface area contributed by atoms with Crippen molar-refractivity contribution < 1.29 is 9.72 Å². The number of nitrogens with one attached hydrogen (secondary N) is 2. The molecule has 2 aromatic heterocycles. The van der Waals surface area contributed by atoms with E-state index < -0.39 is 0 Å². The molecule has 0 radical (unpaired) electrons. The second-order valence-electron chi connectivity index (χ2n) is 2.44. The Morgan fingerprint density at radius 2 is 2.42 bits per heavy atom. The van der Waals surface area contributed by atoms with Crippen molar-refractivity contribution >= 4 is 22.5 Å². The van der Waals surface area contributed by atoms with E-state index in [1.54, 1.807) is 13.3 Å². The number of halogens is 1. The molecule has 0 aliphatic rings. The third kappa shape index (κ3) is 0.940. The Kier molecular flexibility index (Phi) is 1.66. The highest BCUT2D eigenvalue weighted by Crippen LogP contribution is 2.25. The highest BCUT2D eigenvalue weighted by atomic mass is 35.5. The van der Waals surface area contributed by atoms with Gasteiger partial charge in [-0.2, -0.15) is 4.98 Å². The lowest BCUT2D eigenvalue weighted by molar-refractivity contribution is -0.374. The van der Waals surface area contributed by atoms with Gasteiger partial charge in [0.05, 0.1) is 12.5 Å². The summed E-state index contributed by atoms with van der Waals surface area (Å²) >= 11 is 5.88. The summed E-state index contributed by atoms with van der Waals surface area (Å²) in [7, 11) is 1.63.